The van der Waals surface area contributed by atoms with E-state index in [0.717, 1.165) is 0 Å². The van der Waals surface area contributed by atoms with E-state index >= 15 is 0 Å². The Kier molecular flexibility index (Phi) is 3.52. The molecule has 1 nitrogen and oxygen atoms in total. The van der Waals surface area contributed by atoms with E-state index in [1.165, 1.54) is 0 Å². The lowest BCUT2D eigenvalue weighted by molar-refractivity contribution is -0.201. The Hall–Kier alpha value is -1.29. The van der Waals surface area contributed by atoms with Crippen LogP contribution >= 0.6 is 0 Å². The van der Waals surface area contributed by atoms with E-state index in [4.69, 9.17) is 5.11 Å². The number of aliphatic hydroxyl groups excluding tert-OH is 1. The number of hydrogen-bond acceptors (Lipinski definition) is 1. The number of hydrogen-bond donors (Lipinski definition) is 1. The van der Waals surface area contributed by atoms with Crippen LogP contribution in [0.3, 0.4) is 0 Å². The van der Waals surface area contributed by atoms with Gasteiger partial charge < -0.3 is 5.11 Å². The lowest BCUT2D eigenvalue weighted by Crippen LogP contribution is -2.28. The molecule has 0 saturated heterocycles. The van der Waals surface area contributed by atoms with Crippen molar-refractivity contribution in [1.29, 1.82) is 0 Å². The van der Waals surface area contributed by atoms with E-state index in [-0.39, 0.29) is 5.57 Å². The summed E-state index contributed by atoms with van der Waals surface area (Å²) in [5.41, 5.74) is 0.890. The first-order valence-corrected chi connectivity index (χ1v) is 4.39. The SMILES string of the molecule is C=C(CC(O)C(F)(F)F)c1ccccc1. The molecule has 0 aliphatic carbocycles. The fourth-order valence-corrected chi connectivity index (χ4v) is 1.14. The van der Waals surface area contributed by atoms with Gasteiger partial charge in [-0.25, -0.2) is 0 Å². The summed E-state index contributed by atoms with van der Waals surface area (Å²) < 4.78 is 36.1. The van der Waals surface area contributed by atoms with Crippen molar-refractivity contribution >= 4 is 5.57 Å². The van der Waals surface area contributed by atoms with Crippen LogP contribution in [-0.2, 0) is 0 Å². The van der Waals surface area contributed by atoms with E-state index in [9.17, 15) is 13.2 Å². The summed E-state index contributed by atoms with van der Waals surface area (Å²) in [7, 11) is 0. The third kappa shape index (κ3) is 3.40. The van der Waals surface area contributed by atoms with E-state index in [0.29, 0.717) is 5.56 Å². The average Bonchev–Trinajstić information content (AvgIpc) is 2.17. The molecule has 0 spiro atoms. The average molecular weight is 216 g/mol. The predicted octanol–water partition coefficient (Wildman–Crippen LogP) is 3.01. The normalized spacial score (nSPS) is 13.6. The van der Waals surface area contributed by atoms with Gasteiger partial charge in [0.15, 0.2) is 6.10 Å². The third-order valence-corrected chi connectivity index (χ3v) is 2.00. The maximum Gasteiger partial charge on any atom is 0.414 e. The lowest BCUT2D eigenvalue weighted by atomic mass is 10.0. The van der Waals surface area contributed by atoms with Crippen molar-refractivity contribution < 1.29 is 18.3 Å². The molecular weight excluding hydrogens is 205 g/mol. The van der Waals surface area contributed by atoms with Gasteiger partial charge in [0.25, 0.3) is 0 Å². The summed E-state index contributed by atoms with van der Waals surface area (Å²) in [5.74, 6) is 0. The topological polar surface area (TPSA) is 20.2 Å². The maximum absolute atomic E-state index is 12.0. The first-order valence-electron chi connectivity index (χ1n) is 4.39. The van der Waals surface area contributed by atoms with Gasteiger partial charge in [-0.3, -0.25) is 0 Å². The molecule has 1 rings (SSSR count). The highest BCUT2D eigenvalue weighted by Gasteiger charge is 2.38. The summed E-state index contributed by atoms with van der Waals surface area (Å²) in [6.07, 6.45) is -7.42. The minimum atomic E-state index is -4.59. The van der Waals surface area contributed by atoms with Crippen LogP contribution in [0.15, 0.2) is 36.9 Å². The third-order valence-electron chi connectivity index (χ3n) is 2.00. The van der Waals surface area contributed by atoms with Crippen LogP contribution in [0.25, 0.3) is 5.57 Å². The van der Waals surface area contributed by atoms with Crippen LogP contribution in [0.2, 0.25) is 0 Å². The second-order valence-corrected chi connectivity index (χ2v) is 3.23. The molecule has 0 amide bonds. The second kappa shape index (κ2) is 4.49. The van der Waals surface area contributed by atoms with Crippen molar-refractivity contribution in [1.82, 2.24) is 0 Å². The van der Waals surface area contributed by atoms with Crippen molar-refractivity contribution in [2.45, 2.75) is 18.7 Å². The van der Waals surface area contributed by atoms with Crippen LogP contribution in [0.1, 0.15) is 12.0 Å². The zero-order valence-corrected chi connectivity index (χ0v) is 7.96. The quantitative estimate of drug-likeness (QED) is 0.823. The van der Waals surface area contributed by atoms with Crippen molar-refractivity contribution in [2.24, 2.45) is 0 Å². The number of benzene rings is 1. The Bertz CT molecular complexity index is 329. The molecule has 15 heavy (non-hydrogen) atoms. The second-order valence-electron chi connectivity index (χ2n) is 3.23. The Morgan fingerprint density at radius 2 is 1.80 bits per heavy atom. The smallest absolute Gasteiger partial charge is 0.383 e. The van der Waals surface area contributed by atoms with Crippen molar-refractivity contribution in [3.05, 3.63) is 42.5 Å². The molecule has 0 saturated carbocycles. The fourth-order valence-electron chi connectivity index (χ4n) is 1.14. The first-order chi connectivity index (χ1) is 6.91. The molecule has 1 N–H and O–H groups in total. The molecule has 1 atom stereocenters. The molecule has 0 aliphatic heterocycles. The fraction of sp³-hybridized carbons (Fsp3) is 0.273. The molecule has 4 heteroatoms. The predicted molar refractivity (Wildman–Crippen MR) is 52.2 cm³/mol. The van der Waals surface area contributed by atoms with E-state index in [2.05, 4.69) is 6.58 Å². The van der Waals surface area contributed by atoms with E-state index in [1.807, 2.05) is 0 Å². The Balaban J connectivity index is 2.65. The summed E-state index contributed by atoms with van der Waals surface area (Å²) >= 11 is 0. The van der Waals surface area contributed by atoms with Gasteiger partial charge in [0.05, 0.1) is 0 Å². The molecule has 1 unspecified atom stereocenters. The molecule has 82 valence electrons. The molecule has 0 fully saturated rings. The minimum absolute atomic E-state index is 0.278. The molecule has 1 aromatic carbocycles. The van der Waals surface area contributed by atoms with Crippen LogP contribution in [-0.4, -0.2) is 17.4 Å². The van der Waals surface area contributed by atoms with Gasteiger partial charge in [-0.2, -0.15) is 13.2 Å². The molecular formula is C11H11F3O. The number of aliphatic hydroxyl groups is 1. The molecule has 0 radical (unpaired) electrons. The Labute approximate surface area is 85.9 Å². The Morgan fingerprint density at radius 1 is 1.27 bits per heavy atom. The van der Waals surface area contributed by atoms with Gasteiger partial charge in [-0.05, 0) is 11.1 Å². The van der Waals surface area contributed by atoms with Gasteiger partial charge in [-0.15, -0.1) is 0 Å². The summed E-state index contributed by atoms with van der Waals surface area (Å²) in [6, 6.07) is 8.49. The number of rotatable bonds is 3. The van der Waals surface area contributed by atoms with Crippen molar-refractivity contribution in [3.8, 4) is 0 Å². The van der Waals surface area contributed by atoms with Crippen LogP contribution in [0.4, 0.5) is 13.2 Å². The molecule has 0 aliphatic rings. The van der Waals surface area contributed by atoms with Crippen LogP contribution in [0.5, 0.6) is 0 Å². The van der Waals surface area contributed by atoms with Gasteiger partial charge >= 0.3 is 6.18 Å². The summed E-state index contributed by atoms with van der Waals surface area (Å²) in [4.78, 5) is 0. The van der Waals surface area contributed by atoms with Gasteiger partial charge in [-0.1, -0.05) is 36.9 Å². The number of halogens is 3. The largest absolute Gasteiger partial charge is 0.414 e. The van der Waals surface area contributed by atoms with Gasteiger partial charge in [0, 0.05) is 6.42 Å². The molecule has 1 aromatic rings. The van der Waals surface area contributed by atoms with Gasteiger partial charge in [0.1, 0.15) is 0 Å². The first kappa shape index (κ1) is 11.8. The van der Waals surface area contributed by atoms with E-state index < -0.39 is 18.7 Å². The zero-order chi connectivity index (χ0) is 11.5. The molecule has 0 bridgehead atoms. The van der Waals surface area contributed by atoms with Crippen molar-refractivity contribution in [2.75, 3.05) is 0 Å². The highest BCUT2D eigenvalue weighted by molar-refractivity contribution is 5.63. The Morgan fingerprint density at radius 3 is 2.27 bits per heavy atom. The zero-order valence-electron chi connectivity index (χ0n) is 7.96. The maximum atomic E-state index is 12.0. The summed E-state index contributed by atoms with van der Waals surface area (Å²) in [6.45, 7) is 3.52. The van der Waals surface area contributed by atoms with Crippen molar-refractivity contribution in [3.63, 3.8) is 0 Å². The van der Waals surface area contributed by atoms with Gasteiger partial charge in [0.2, 0.25) is 0 Å². The molecule has 0 aromatic heterocycles. The number of alkyl halides is 3. The standard InChI is InChI=1S/C11H11F3O/c1-8(7-10(15)11(12,13)14)9-5-3-2-4-6-9/h2-6,10,15H,1,7H2. The lowest BCUT2D eigenvalue weighted by Gasteiger charge is -2.15. The van der Waals surface area contributed by atoms with Crippen LogP contribution in [0, 0.1) is 0 Å². The highest BCUT2D eigenvalue weighted by atomic mass is 19.4. The minimum Gasteiger partial charge on any atom is -0.383 e. The highest BCUT2D eigenvalue weighted by Crippen LogP contribution is 2.27. The summed E-state index contributed by atoms with van der Waals surface area (Å²) in [5, 5.41) is 8.83. The molecule has 0 heterocycles. The van der Waals surface area contributed by atoms with E-state index in [1.54, 1.807) is 30.3 Å². The van der Waals surface area contributed by atoms with Crippen LogP contribution < -0.4 is 0 Å². The monoisotopic (exact) mass is 216 g/mol.